The fourth-order valence-electron chi connectivity index (χ4n) is 2.71. The van der Waals surface area contributed by atoms with Crippen molar-refractivity contribution in [3.8, 4) is 0 Å². The van der Waals surface area contributed by atoms with Crippen LogP contribution in [0.4, 0.5) is 4.39 Å². The number of rotatable bonds is 7. The predicted molar refractivity (Wildman–Crippen MR) is 84.7 cm³/mol. The minimum absolute atomic E-state index is 0.0504. The lowest BCUT2D eigenvalue weighted by atomic mass is 9.83. The Labute approximate surface area is 123 Å². The van der Waals surface area contributed by atoms with Crippen LogP contribution in [0.5, 0.6) is 0 Å². The van der Waals surface area contributed by atoms with E-state index < -0.39 is 0 Å². The van der Waals surface area contributed by atoms with Gasteiger partial charge in [-0.2, -0.15) is 0 Å². The van der Waals surface area contributed by atoms with E-state index in [0.29, 0.717) is 6.04 Å². The fraction of sp³-hybridized carbons (Fsp3) is 0.647. The lowest BCUT2D eigenvalue weighted by Crippen LogP contribution is -2.57. The van der Waals surface area contributed by atoms with Gasteiger partial charge in [0.2, 0.25) is 0 Å². The van der Waals surface area contributed by atoms with Crippen LogP contribution in [0, 0.1) is 12.7 Å². The summed E-state index contributed by atoms with van der Waals surface area (Å²) in [5, 5.41) is 3.59. The number of likely N-dealkylation sites (N-methyl/N-ethyl adjacent to an activating group) is 2. The highest BCUT2D eigenvalue weighted by Crippen LogP contribution is 2.25. The second kappa shape index (κ2) is 7.19. The van der Waals surface area contributed by atoms with Crippen molar-refractivity contribution in [3.05, 3.63) is 35.1 Å². The molecule has 1 N–H and O–H groups in total. The van der Waals surface area contributed by atoms with Gasteiger partial charge in [-0.3, -0.25) is 0 Å². The van der Waals surface area contributed by atoms with Gasteiger partial charge in [0.1, 0.15) is 5.82 Å². The SMILES string of the molecule is CCNC(Cc1cc(F)ccc1C)C(C)(CC)N(C)C. The van der Waals surface area contributed by atoms with Gasteiger partial charge in [-0.1, -0.05) is 19.9 Å². The molecule has 0 saturated carbocycles. The molecule has 20 heavy (non-hydrogen) atoms. The maximum absolute atomic E-state index is 13.5. The summed E-state index contributed by atoms with van der Waals surface area (Å²) in [7, 11) is 4.23. The van der Waals surface area contributed by atoms with E-state index in [2.05, 4.69) is 52.0 Å². The molecule has 1 aromatic rings. The van der Waals surface area contributed by atoms with Crippen molar-refractivity contribution in [1.82, 2.24) is 10.2 Å². The molecule has 1 rings (SSSR count). The number of benzene rings is 1. The second-order valence-corrected chi connectivity index (χ2v) is 5.99. The van der Waals surface area contributed by atoms with Gasteiger partial charge in [0, 0.05) is 11.6 Å². The molecule has 0 aliphatic heterocycles. The Hall–Kier alpha value is -0.930. The molecule has 0 radical (unpaired) electrons. The molecule has 0 fully saturated rings. The van der Waals surface area contributed by atoms with Gasteiger partial charge in [-0.15, -0.1) is 0 Å². The van der Waals surface area contributed by atoms with E-state index >= 15 is 0 Å². The highest BCUT2D eigenvalue weighted by Gasteiger charge is 2.34. The quantitative estimate of drug-likeness (QED) is 0.823. The lowest BCUT2D eigenvalue weighted by Gasteiger charge is -2.43. The normalized spacial score (nSPS) is 16.2. The van der Waals surface area contributed by atoms with Gasteiger partial charge in [0.25, 0.3) is 0 Å². The standard InChI is InChI=1S/C17H29FN2/c1-7-17(4,20(5)6)16(19-8-2)12-14-11-15(18)10-9-13(14)3/h9-11,16,19H,7-8,12H2,1-6H3. The molecule has 0 spiro atoms. The molecule has 2 unspecified atom stereocenters. The maximum Gasteiger partial charge on any atom is 0.123 e. The van der Waals surface area contributed by atoms with E-state index in [1.807, 2.05) is 6.07 Å². The van der Waals surface area contributed by atoms with Crippen LogP contribution in [-0.4, -0.2) is 37.1 Å². The summed E-state index contributed by atoms with van der Waals surface area (Å²) in [6.07, 6.45) is 1.89. The molecule has 0 saturated heterocycles. The lowest BCUT2D eigenvalue weighted by molar-refractivity contribution is 0.113. The Morgan fingerprint density at radius 3 is 2.45 bits per heavy atom. The zero-order chi connectivity index (χ0) is 15.3. The molecule has 0 aromatic heterocycles. The number of halogens is 1. The van der Waals surface area contributed by atoms with Gasteiger partial charge in [0.05, 0.1) is 0 Å². The molecule has 0 amide bonds. The number of hydrogen-bond acceptors (Lipinski definition) is 2. The molecule has 114 valence electrons. The maximum atomic E-state index is 13.5. The number of hydrogen-bond donors (Lipinski definition) is 1. The first-order chi connectivity index (χ1) is 9.35. The topological polar surface area (TPSA) is 15.3 Å². The minimum Gasteiger partial charge on any atom is -0.312 e. The van der Waals surface area contributed by atoms with Crippen molar-refractivity contribution in [2.24, 2.45) is 0 Å². The summed E-state index contributed by atoms with van der Waals surface area (Å²) in [5.41, 5.74) is 2.30. The molecule has 0 bridgehead atoms. The number of nitrogens with one attached hydrogen (secondary N) is 1. The predicted octanol–water partition coefficient (Wildman–Crippen LogP) is 3.39. The number of nitrogens with zero attached hydrogens (tertiary/aromatic N) is 1. The molecule has 0 heterocycles. The minimum atomic E-state index is -0.149. The Morgan fingerprint density at radius 2 is 1.95 bits per heavy atom. The molecular weight excluding hydrogens is 251 g/mol. The van der Waals surface area contributed by atoms with Crippen molar-refractivity contribution in [2.45, 2.75) is 52.1 Å². The average Bonchev–Trinajstić information content (AvgIpc) is 2.41. The number of aryl methyl sites for hydroxylation is 1. The third-order valence-electron chi connectivity index (χ3n) is 4.67. The van der Waals surface area contributed by atoms with Crippen LogP contribution in [-0.2, 0) is 6.42 Å². The monoisotopic (exact) mass is 280 g/mol. The Balaban J connectivity index is 3.05. The summed E-state index contributed by atoms with van der Waals surface area (Å²) >= 11 is 0. The summed E-state index contributed by atoms with van der Waals surface area (Å²) in [4.78, 5) is 2.27. The van der Waals surface area contributed by atoms with E-state index in [-0.39, 0.29) is 11.4 Å². The third-order valence-corrected chi connectivity index (χ3v) is 4.67. The Morgan fingerprint density at radius 1 is 1.30 bits per heavy atom. The summed E-state index contributed by atoms with van der Waals surface area (Å²) in [6, 6.07) is 5.37. The van der Waals surface area contributed by atoms with Crippen LogP contribution < -0.4 is 5.32 Å². The fourth-order valence-corrected chi connectivity index (χ4v) is 2.71. The molecule has 0 aliphatic carbocycles. The highest BCUT2D eigenvalue weighted by atomic mass is 19.1. The van der Waals surface area contributed by atoms with Gasteiger partial charge in [-0.05, 0) is 70.6 Å². The van der Waals surface area contributed by atoms with Crippen molar-refractivity contribution in [2.75, 3.05) is 20.6 Å². The highest BCUT2D eigenvalue weighted by molar-refractivity contribution is 5.28. The second-order valence-electron chi connectivity index (χ2n) is 5.99. The van der Waals surface area contributed by atoms with Crippen molar-refractivity contribution >= 4 is 0 Å². The van der Waals surface area contributed by atoms with Crippen LogP contribution in [0.15, 0.2) is 18.2 Å². The molecule has 3 heteroatoms. The summed E-state index contributed by atoms with van der Waals surface area (Å²) < 4.78 is 13.5. The molecule has 2 nitrogen and oxygen atoms in total. The first-order valence-corrected chi connectivity index (χ1v) is 7.51. The van der Waals surface area contributed by atoms with E-state index in [1.54, 1.807) is 6.07 Å². The van der Waals surface area contributed by atoms with Crippen LogP contribution in [0.3, 0.4) is 0 Å². The van der Waals surface area contributed by atoms with Crippen molar-refractivity contribution in [3.63, 3.8) is 0 Å². The Bertz CT molecular complexity index is 431. The van der Waals surface area contributed by atoms with E-state index in [9.17, 15) is 4.39 Å². The smallest absolute Gasteiger partial charge is 0.123 e. The van der Waals surface area contributed by atoms with Crippen LogP contribution in [0.2, 0.25) is 0 Å². The van der Waals surface area contributed by atoms with Gasteiger partial charge >= 0.3 is 0 Å². The first kappa shape index (κ1) is 17.1. The molecular formula is C17H29FN2. The van der Waals surface area contributed by atoms with E-state index in [1.165, 1.54) is 6.07 Å². The van der Waals surface area contributed by atoms with Crippen LogP contribution >= 0.6 is 0 Å². The van der Waals surface area contributed by atoms with Gasteiger partial charge in [0.15, 0.2) is 0 Å². The average molecular weight is 280 g/mol. The first-order valence-electron chi connectivity index (χ1n) is 7.51. The van der Waals surface area contributed by atoms with Gasteiger partial charge in [-0.25, -0.2) is 4.39 Å². The Kier molecular flexibility index (Phi) is 6.15. The molecule has 1 aromatic carbocycles. The zero-order valence-corrected chi connectivity index (χ0v) is 13.8. The van der Waals surface area contributed by atoms with Gasteiger partial charge < -0.3 is 10.2 Å². The van der Waals surface area contributed by atoms with Crippen LogP contribution in [0.25, 0.3) is 0 Å². The van der Waals surface area contributed by atoms with E-state index in [0.717, 1.165) is 30.5 Å². The zero-order valence-electron chi connectivity index (χ0n) is 13.8. The molecule has 0 aliphatic rings. The largest absolute Gasteiger partial charge is 0.312 e. The third kappa shape index (κ3) is 3.80. The summed E-state index contributed by atoms with van der Waals surface area (Å²) in [5.74, 6) is -0.149. The molecule has 2 atom stereocenters. The van der Waals surface area contributed by atoms with Crippen molar-refractivity contribution < 1.29 is 4.39 Å². The van der Waals surface area contributed by atoms with Crippen LogP contribution in [0.1, 0.15) is 38.3 Å². The van der Waals surface area contributed by atoms with E-state index in [4.69, 9.17) is 0 Å². The summed E-state index contributed by atoms with van der Waals surface area (Å²) in [6.45, 7) is 9.58. The van der Waals surface area contributed by atoms with Crippen molar-refractivity contribution in [1.29, 1.82) is 0 Å².